The molecule has 0 spiro atoms. The molecule has 136 heavy (non-hydrogen) atoms. The van der Waals surface area contributed by atoms with Crippen LogP contribution >= 0.6 is 0 Å². The fourth-order valence-electron chi connectivity index (χ4n) is 6.71. The zero-order valence-corrected chi connectivity index (χ0v) is 93.2. The number of hydrogen-bond acceptors (Lipinski definition) is 24. The van der Waals surface area contributed by atoms with Crippen molar-refractivity contribution < 1.29 is 29.1 Å². The van der Waals surface area contributed by atoms with E-state index in [4.69, 9.17) is 28.0 Å². The molecule has 18 N–H and O–H groups in total. The van der Waals surface area contributed by atoms with Crippen molar-refractivity contribution in [3.05, 3.63) is 137 Å². The number of amides is 4. The quantitative estimate of drug-likeness (QED) is 0.0181. The number of carbonyl (C=O) groups excluding carboxylic acids is 5. The van der Waals surface area contributed by atoms with Gasteiger partial charge in [-0.05, 0) is 126 Å². The van der Waals surface area contributed by atoms with Crippen LogP contribution < -0.4 is 44.4 Å². The first kappa shape index (κ1) is 145. The monoisotopic (exact) mass is 1920 g/mol. The number of H-pyrrole nitrogens is 6. The molecule has 36 heteroatoms. The van der Waals surface area contributed by atoms with Gasteiger partial charge in [-0.2, -0.15) is 20.8 Å². The largest absolute Gasteiger partial charge is 0.512 e. The molecule has 2 aliphatic heterocycles. The van der Waals surface area contributed by atoms with Crippen molar-refractivity contribution in [2.24, 2.45) is 125 Å². The molecule has 36 nitrogen and oxygen atoms in total. The lowest BCUT2D eigenvalue weighted by molar-refractivity contribution is -0.125. The van der Waals surface area contributed by atoms with Crippen molar-refractivity contribution in [2.75, 3.05) is 6.54 Å². The van der Waals surface area contributed by atoms with Gasteiger partial charge in [0.15, 0.2) is 17.5 Å². The number of nitrogens with zero attached hydrogens (tertiary/aromatic N) is 16. The maximum atomic E-state index is 11.0. The zero-order chi connectivity index (χ0) is 108. The molecule has 0 saturated heterocycles. The molecule has 4 amide bonds. The van der Waals surface area contributed by atoms with Gasteiger partial charge in [-0.1, -0.05) is 297 Å². The number of ketones is 1. The molecule has 8 rings (SSSR count). The van der Waals surface area contributed by atoms with Crippen molar-refractivity contribution in [2.45, 2.75) is 379 Å². The molecule has 0 aromatic carbocycles. The molecule has 6 aromatic rings. The Morgan fingerprint density at radius 2 is 0.801 bits per heavy atom. The second-order valence-electron chi connectivity index (χ2n) is 38.9. The van der Waals surface area contributed by atoms with E-state index in [2.05, 4.69) is 246 Å². The van der Waals surface area contributed by atoms with E-state index in [-0.39, 0.29) is 76.8 Å². The van der Waals surface area contributed by atoms with Gasteiger partial charge in [-0.25, -0.2) is 9.97 Å². The molecule has 0 unspecified atom stereocenters. The summed E-state index contributed by atoms with van der Waals surface area (Å²) in [4.78, 5) is 87.3. The third-order valence-electron chi connectivity index (χ3n) is 14.9. The highest BCUT2D eigenvalue weighted by molar-refractivity contribution is 5.88. The van der Waals surface area contributed by atoms with Gasteiger partial charge >= 0.3 is 0 Å². The van der Waals surface area contributed by atoms with Gasteiger partial charge in [-0.15, -0.1) is 35.7 Å². The molecule has 8 heterocycles. The molecule has 0 bridgehead atoms. The van der Waals surface area contributed by atoms with E-state index in [1.165, 1.54) is 17.5 Å². The highest BCUT2D eigenvalue weighted by Gasteiger charge is 2.12. The maximum Gasteiger partial charge on any atom is 0.247 e. The van der Waals surface area contributed by atoms with Gasteiger partial charge in [0.2, 0.25) is 29.2 Å². The number of hydrogen-bond donors (Lipinski definition) is 14. The maximum absolute atomic E-state index is 11.0. The van der Waals surface area contributed by atoms with Gasteiger partial charge in [-0.3, -0.25) is 38.8 Å². The van der Waals surface area contributed by atoms with Crippen LogP contribution in [0.3, 0.4) is 0 Å². The standard InChI is InChI=1S/2C8H16O.2C7H16N2.2C7H15NO.2C6H10N2.C6H7N.C5H9N3.C5H5NO.3C4H8N4.2C4H9NO.2C4H10/c2*1-6(2)5-8(9)7(3)4;2*1-5(2)7(8)9-6(3)4;2*1-5(2)7(9)8-6(3)4;2*1-5(2)6-3-7-4-8-6;1-6-4-2-3-5-7-6;1-4(2)5-3-6-8-7-5;7-5-3-1-2-4-6-5;3*1-3(2)4-5-7-8-6-4;2*1-3(2)4(5)6;2*1-4(2)3/h6-7H,5H2,1-4H3;5-7,9H,1-4H3;2*5-6H,1-4H3,(H2,8,9);2*5-6H,1-4H3,(H,8,9);2*3-5H,1-2H3,(H,7,8);2-5,7H,1H2;4H,3H2,1-2H3;1-4H,(H,6,7);3*3H,1-2H3,(H,5,6,7,8);2*3H,1-2H3,(H2,5,6);2*4H,1-3H3/b;8-5-;;;;;;;;;;;;;;;;. The summed E-state index contributed by atoms with van der Waals surface area (Å²) >= 11 is 0. The molecule has 2 aliphatic rings. The summed E-state index contributed by atoms with van der Waals surface area (Å²) in [5, 5.41) is 68.7. The average molecular weight is 1920 g/mol. The number of Topliss-reactive ketones (excluding diaryl/α,β-unsaturated/α-hetero) is 1. The van der Waals surface area contributed by atoms with Gasteiger partial charge < -0.3 is 58.9 Å². The number of rotatable bonds is 21. The smallest absolute Gasteiger partial charge is 0.247 e. The molecule has 0 aliphatic carbocycles. The number of tetrazole rings is 3. The van der Waals surface area contributed by atoms with E-state index in [1.807, 2.05) is 223 Å². The minimum absolute atomic E-state index is 0.00926. The van der Waals surface area contributed by atoms with E-state index in [9.17, 15) is 28.8 Å². The number of aliphatic hydroxyl groups excluding tert-OH is 1. The number of aromatic amines is 6. The highest BCUT2D eigenvalue weighted by Crippen LogP contribution is 2.12. The topological polar surface area (TPSA) is 561 Å². The van der Waals surface area contributed by atoms with E-state index < -0.39 is 0 Å². The third-order valence-corrected chi connectivity index (χ3v) is 14.9. The molecular formula is C100H197N29O7. The first-order chi connectivity index (χ1) is 62.6. The first-order valence-corrected chi connectivity index (χ1v) is 47.9. The predicted molar refractivity (Wildman–Crippen MR) is 568 cm³/mol. The SMILES string of the molecule is C=C1C=CC=CN1.CC(C)/C=C(\O)C(C)C.CC(C)C.CC(C)C.CC(C)C(N)=O.CC(C)C(N)=O.CC(C)C1=NN=NC1.CC(C)CC(=O)C(C)C.CC(C)N=C(N)C(C)C.CC(C)N=C(N)C(C)C.CC(C)NC(=O)C(C)C.CC(C)NC(=O)C(C)C.CC(C)c1cnc[nH]1.CC(C)c1cnc[nH]1.CC(C)c1nn[nH]n1.CC(C)c1nn[nH]n1.CC(C)c1nn[nH]n1.O=c1cccc[nH]1. The van der Waals surface area contributed by atoms with Gasteiger partial charge in [0.1, 0.15) is 12.3 Å². The molecular weight excluding hydrogens is 1720 g/mol. The molecule has 0 radical (unpaired) electrons. The summed E-state index contributed by atoms with van der Waals surface area (Å²) < 4.78 is 0. The summed E-state index contributed by atoms with van der Waals surface area (Å²) in [5.74, 6) is 11.3. The van der Waals surface area contributed by atoms with Crippen LogP contribution in [0.2, 0.25) is 0 Å². The number of aromatic nitrogens is 17. The molecule has 784 valence electrons. The zero-order valence-electron chi connectivity index (χ0n) is 93.2. The second kappa shape index (κ2) is 91.6. The van der Waals surface area contributed by atoms with E-state index in [0.717, 1.165) is 58.8 Å². The van der Waals surface area contributed by atoms with E-state index in [1.54, 1.807) is 58.7 Å². The van der Waals surface area contributed by atoms with Crippen LogP contribution in [0.25, 0.3) is 0 Å². The number of imidazole rings is 2. The Balaban J connectivity index is -0.000000155. The Hall–Kier alpha value is -11.1. The lowest BCUT2D eigenvalue weighted by Gasteiger charge is -2.09. The Labute approximate surface area is 822 Å². The van der Waals surface area contributed by atoms with Crippen molar-refractivity contribution in [1.82, 2.24) is 103 Å². The molecule has 0 atom stereocenters. The van der Waals surface area contributed by atoms with Crippen LogP contribution in [-0.4, -0.2) is 169 Å². The third kappa shape index (κ3) is 113. The summed E-state index contributed by atoms with van der Waals surface area (Å²) in [6, 6.07) is 6.11. The summed E-state index contributed by atoms with van der Waals surface area (Å²) in [7, 11) is 0. The van der Waals surface area contributed by atoms with Crippen LogP contribution in [0.4, 0.5) is 0 Å². The second-order valence-corrected chi connectivity index (χ2v) is 38.9. The van der Waals surface area contributed by atoms with Crippen molar-refractivity contribution in [3.63, 3.8) is 0 Å². The molecule has 0 saturated carbocycles. The summed E-state index contributed by atoms with van der Waals surface area (Å²) in [6.45, 7) is 97.0. The number of aliphatic imine (C=N–C) groups is 2. The minimum atomic E-state index is -0.241. The lowest BCUT2D eigenvalue weighted by atomic mass is 9.99. The van der Waals surface area contributed by atoms with Crippen molar-refractivity contribution >= 4 is 46.8 Å². The van der Waals surface area contributed by atoms with E-state index >= 15 is 0 Å². The number of primary amides is 2. The lowest BCUT2D eigenvalue weighted by Crippen LogP contribution is -2.33. The number of pyridine rings is 1. The van der Waals surface area contributed by atoms with Gasteiger partial charge in [0, 0.05) is 144 Å². The Kier molecular flexibility index (Phi) is 97.9. The number of nitrogens with one attached hydrogen (secondary N) is 9. The highest BCUT2D eigenvalue weighted by atomic mass is 16.3. The molecule has 6 aromatic heterocycles. The van der Waals surface area contributed by atoms with E-state index in [0.29, 0.717) is 89.3 Å². The van der Waals surface area contributed by atoms with Crippen molar-refractivity contribution in [1.29, 1.82) is 0 Å². The van der Waals surface area contributed by atoms with Crippen LogP contribution in [-0.2, 0) is 24.0 Å². The van der Waals surface area contributed by atoms with Crippen LogP contribution in [0, 0.1) is 76.9 Å². The number of aliphatic hydroxyl groups is 1. The Bertz CT molecular complexity index is 3610. The number of dihydropyridines is 1. The van der Waals surface area contributed by atoms with Crippen LogP contribution in [0.15, 0.2) is 128 Å². The van der Waals surface area contributed by atoms with Gasteiger partial charge in [0.05, 0.1) is 35.8 Å². The summed E-state index contributed by atoms with van der Waals surface area (Å²) in [6.07, 6.45) is 19.0. The number of allylic oxidation sites excluding steroid dienone is 5. The van der Waals surface area contributed by atoms with Gasteiger partial charge in [0.25, 0.3) is 0 Å². The van der Waals surface area contributed by atoms with Crippen LogP contribution in [0.1, 0.15) is 383 Å². The molecule has 0 fully saturated rings. The fourth-order valence-corrected chi connectivity index (χ4v) is 6.71. The minimum Gasteiger partial charge on any atom is -0.512 e. The number of nitrogens with two attached hydrogens (primary N) is 4. The summed E-state index contributed by atoms with van der Waals surface area (Å²) in [5.41, 5.74) is 25.1. The fraction of sp³-hybridized carbons (Fsp3) is 0.700. The van der Waals surface area contributed by atoms with Crippen molar-refractivity contribution in [3.8, 4) is 0 Å². The Morgan fingerprint density at radius 3 is 0.904 bits per heavy atom. The van der Waals surface area contributed by atoms with Crippen LogP contribution in [0.5, 0.6) is 0 Å². The average Bonchev–Trinajstić information content (AvgIpc) is 1.85. The first-order valence-electron chi connectivity index (χ1n) is 47.9. The number of carbonyl (C=O) groups is 5. The normalized spacial score (nSPS) is 11.5. The Morgan fingerprint density at radius 1 is 0.456 bits per heavy atom. The number of amidine groups is 2. The predicted octanol–water partition coefficient (Wildman–Crippen LogP) is 20.8.